The Kier molecular flexibility index (Phi) is 6.20. The maximum atomic E-state index is 13.2. The molecule has 0 aromatic heterocycles. The SMILES string of the molecule is COc1ccc(C)cc1N(CCC(=O)Nc1cccc(F)c1)S(C)(=O)=O. The minimum absolute atomic E-state index is 0.0696. The van der Waals surface area contributed by atoms with Gasteiger partial charge in [-0.3, -0.25) is 9.10 Å². The van der Waals surface area contributed by atoms with Gasteiger partial charge in [0.1, 0.15) is 11.6 Å². The molecule has 0 aliphatic carbocycles. The number of amides is 1. The summed E-state index contributed by atoms with van der Waals surface area (Å²) in [6.45, 7) is 1.76. The number of benzene rings is 2. The summed E-state index contributed by atoms with van der Waals surface area (Å²) < 4.78 is 44.0. The monoisotopic (exact) mass is 380 g/mol. The van der Waals surface area contributed by atoms with Crippen LogP contribution < -0.4 is 14.4 Å². The molecule has 0 fully saturated rings. The van der Waals surface area contributed by atoms with Crippen LogP contribution in [0.1, 0.15) is 12.0 Å². The predicted molar refractivity (Wildman–Crippen MR) is 99.6 cm³/mol. The van der Waals surface area contributed by atoms with Crippen LogP contribution in [0, 0.1) is 12.7 Å². The highest BCUT2D eigenvalue weighted by Crippen LogP contribution is 2.31. The van der Waals surface area contributed by atoms with Crippen molar-refractivity contribution in [3.05, 3.63) is 53.8 Å². The van der Waals surface area contributed by atoms with E-state index in [-0.39, 0.29) is 13.0 Å². The Balaban J connectivity index is 2.17. The van der Waals surface area contributed by atoms with Crippen LogP contribution in [0.4, 0.5) is 15.8 Å². The molecule has 0 saturated heterocycles. The van der Waals surface area contributed by atoms with E-state index >= 15 is 0 Å². The molecular formula is C18H21FN2O4S. The molecule has 0 heterocycles. The normalized spacial score (nSPS) is 11.1. The highest BCUT2D eigenvalue weighted by molar-refractivity contribution is 7.92. The number of hydrogen-bond donors (Lipinski definition) is 1. The average molecular weight is 380 g/mol. The summed E-state index contributed by atoms with van der Waals surface area (Å²) in [5.74, 6) is -0.493. The van der Waals surface area contributed by atoms with Gasteiger partial charge in [-0.25, -0.2) is 12.8 Å². The zero-order chi connectivity index (χ0) is 19.3. The van der Waals surface area contributed by atoms with E-state index in [2.05, 4.69) is 5.32 Å². The van der Waals surface area contributed by atoms with Crippen LogP contribution in [0.5, 0.6) is 5.75 Å². The molecular weight excluding hydrogens is 359 g/mol. The smallest absolute Gasteiger partial charge is 0.232 e. The first-order valence-corrected chi connectivity index (χ1v) is 9.73. The second-order valence-corrected chi connectivity index (χ2v) is 7.73. The third kappa shape index (κ3) is 5.19. The second kappa shape index (κ2) is 8.18. The maximum Gasteiger partial charge on any atom is 0.232 e. The standard InChI is InChI=1S/C18H21FN2O4S/c1-13-7-8-17(25-2)16(11-13)21(26(3,23)24)10-9-18(22)20-15-6-4-5-14(19)12-15/h4-8,11-12H,9-10H2,1-3H3,(H,20,22). The summed E-state index contributed by atoms with van der Waals surface area (Å²) in [5.41, 5.74) is 1.54. The minimum atomic E-state index is -3.63. The summed E-state index contributed by atoms with van der Waals surface area (Å²) in [5, 5.41) is 2.55. The van der Waals surface area contributed by atoms with Crippen molar-refractivity contribution in [3.8, 4) is 5.75 Å². The topological polar surface area (TPSA) is 75.7 Å². The van der Waals surface area contributed by atoms with Crippen LogP contribution in [0.15, 0.2) is 42.5 Å². The molecule has 2 aromatic rings. The fraction of sp³-hybridized carbons (Fsp3) is 0.278. The fourth-order valence-electron chi connectivity index (χ4n) is 2.45. The van der Waals surface area contributed by atoms with Gasteiger partial charge in [-0.05, 0) is 42.8 Å². The van der Waals surface area contributed by atoms with E-state index in [4.69, 9.17) is 4.74 Å². The number of anilines is 2. The highest BCUT2D eigenvalue weighted by atomic mass is 32.2. The van der Waals surface area contributed by atoms with Crippen LogP contribution in [0.2, 0.25) is 0 Å². The third-order valence-corrected chi connectivity index (χ3v) is 4.83. The Morgan fingerprint density at radius 2 is 1.96 bits per heavy atom. The average Bonchev–Trinajstić information content (AvgIpc) is 2.54. The van der Waals surface area contributed by atoms with E-state index in [1.165, 1.54) is 25.3 Å². The highest BCUT2D eigenvalue weighted by Gasteiger charge is 2.22. The van der Waals surface area contributed by atoms with Crippen molar-refractivity contribution in [1.82, 2.24) is 0 Å². The van der Waals surface area contributed by atoms with Crippen LogP contribution in [-0.2, 0) is 14.8 Å². The molecule has 26 heavy (non-hydrogen) atoms. The Morgan fingerprint density at radius 3 is 2.58 bits per heavy atom. The van der Waals surface area contributed by atoms with Crippen LogP contribution in [0.3, 0.4) is 0 Å². The Hall–Kier alpha value is -2.61. The summed E-state index contributed by atoms with van der Waals surface area (Å²) in [6.07, 6.45) is 0.972. The predicted octanol–water partition coefficient (Wildman–Crippen LogP) is 2.94. The number of rotatable bonds is 7. The number of nitrogens with one attached hydrogen (secondary N) is 1. The number of aryl methyl sites for hydroxylation is 1. The maximum absolute atomic E-state index is 13.2. The van der Waals surface area contributed by atoms with E-state index in [0.717, 1.165) is 16.1 Å². The molecule has 0 radical (unpaired) electrons. The lowest BCUT2D eigenvalue weighted by Gasteiger charge is -2.24. The molecule has 140 valence electrons. The van der Waals surface area contributed by atoms with Crippen molar-refractivity contribution >= 4 is 27.3 Å². The summed E-state index contributed by atoms with van der Waals surface area (Å²) >= 11 is 0. The molecule has 1 amide bonds. The van der Waals surface area contributed by atoms with E-state index in [1.54, 1.807) is 24.3 Å². The quantitative estimate of drug-likeness (QED) is 0.801. The van der Waals surface area contributed by atoms with Crippen molar-refractivity contribution in [2.45, 2.75) is 13.3 Å². The molecule has 0 spiro atoms. The van der Waals surface area contributed by atoms with Crippen molar-refractivity contribution in [2.24, 2.45) is 0 Å². The van der Waals surface area contributed by atoms with Crippen molar-refractivity contribution in [3.63, 3.8) is 0 Å². The molecule has 2 rings (SSSR count). The van der Waals surface area contributed by atoms with Crippen molar-refractivity contribution in [2.75, 3.05) is 29.5 Å². The zero-order valence-corrected chi connectivity index (χ0v) is 15.6. The van der Waals surface area contributed by atoms with Crippen LogP contribution in [0.25, 0.3) is 0 Å². The van der Waals surface area contributed by atoms with Gasteiger partial charge < -0.3 is 10.1 Å². The Bertz CT molecular complexity index is 900. The van der Waals surface area contributed by atoms with E-state index in [1.807, 2.05) is 6.92 Å². The minimum Gasteiger partial charge on any atom is -0.495 e. The summed E-state index contributed by atoms with van der Waals surface area (Å²) in [6, 6.07) is 10.7. The molecule has 1 N–H and O–H groups in total. The largest absolute Gasteiger partial charge is 0.495 e. The number of nitrogens with zero attached hydrogens (tertiary/aromatic N) is 1. The second-order valence-electron chi connectivity index (χ2n) is 5.82. The van der Waals surface area contributed by atoms with Gasteiger partial charge in [0.15, 0.2) is 0 Å². The zero-order valence-electron chi connectivity index (χ0n) is 14.8. The van der Waals surface area contributed by atoms with Gasteiger partial charge in [-0.1, -0.05) is 12.1 Å². The van der Waals surface area contributed by atoms with Gasteiger partial charge in [0.2, 0.25) is 15.9 Å². The lowest BCUT2D eigenvalue weighted by molar-refractivity contribution is -0.116. The van der Waals surface area contributed by atoms with Gasteiger partial charge in [-0.15, -0.1) is 0 Å². The van der Waals surface area contributed by atoms with Gasteiger partial charge in [-0.2, -0.15) is 0 Å². The van der Waals surface area contributed by atoms with Crippen LogP contribution in [-0.4, -0.2) is 34.2 Å². The van der Waals surface area contributed by atoms with Crippen molar-refractivity contribution in [1.29, 1.82) is 0 Å². The first kappa shape index (κ1) is 19.7. The molecule has 0 unspecified atom stereocenters. The first-order valence-electron chi connectivity index (χ1n) is 7.88. The first-order chi connectivity index (χ1) is 12.2. The van der Waals surface area contributed by atoms with Crippen LogP contribution >= 0.6 is 0 Å². The lowest BCUT2D eigenvalue weighted by atomic mass is 10.2. The number of carbonyl (C=O) groups is 1. The number of ether oxygens (including phenoxy) is 1. The van der Waals surface area contributed by atoms with Gasteiger partial charge in [0.25, 0.3) is 0 Å². The van der Waals surface area contributed by atoms with Gasteiger partial charge >= 0.3 is 0 Å². The molecule has 6 nitrogen and oxygen atoms in total. The molecule has 8 heteroatoms. The van der Waals surface area contributed by atoms with E-state index < -0.39 is 21.7 Å². The molecule has 0 atom stereocenters. The fourth-order valence-corrected chi connectivity index (χ4v) is 3.38. The van der Waals surface area contributed by atoms with E-state index in [0.29, 0.717) is 17.1 Å². The molecule has 0 saturated carbocycles. The molecule has 0 aliphatic rings. The van der Waals surface area contributed by atoms with Gasteiger partial charge in [0, 0.05) is 18.7 Å². The Labute approximate surface area is 152 Å². The van der Waals surface area contributed by atoms with Gasteiger partial charge in [0.05, 0.1) is 19.1 Å². The Morgan fingerprint density at radius 1 is 1.23 bits per heavy atom. The summed E-state index contributed by atoms with van der Waals surface area (Å²) in [4.78, 5) is 12.1. The van der Waals surface area contributed by atoms with Crippen molar-refractivity contribution < 1.29 is 22.3 Å². The number of hydrogen-bond acceptors (Lipinski definition) is 4. The summed E-state index contributed by atoms with van der Waals surface area (Å²) in [7, 11) is -2.18. The molecule has 0 aliphatic heterocycles. The van der Waals surface area contributed by atoms with E-state index in [9.17, 15) is 17.6 Å². The lowest BCUT2D eigenvalue weighted by Crippen LogP contribution is -2.33. The number of sulfonamides is 1. The molecule has 2 aromatic carbocycles. The third-order valence-electron chi connectivity index (χ3n) is 3.65. The number of halogens is 1. The number of methoxy groups -OCH3 is 1. The molecule has 0 bridgehead atoms. The number of carbonyl (C=O) groups excluding carboxylic acids is 1.